The molecule has 1 saturated heterocycles. The first kappa shape index (κ1) is 19.4. The summed E-state index contributed by atoms with van der Waals surface area (Å²) >= 11 is 9.78. The molecule has 4 rings (SSSR count). The first-order valence-corrected chi connectivity index (χ1v) is 10.6. The summed E-state index contributed by atoms with van der Waals surface area (Å²) in [6.45, 7) is 5.07. The predicted molar refractivity (Wildman–Crippen MR) is 117 cm³/mol. The lowest BCUT2D eigenvalue weighted by Crippen LogP contribution is -2.32. The maximum Gasteiger partial charge on any atom is 0.143 e. The van der Waals surface area contributed by atoms with Crippen molar-refractivity contribution in [3.05, 3.63) is 51.7 Å². The number of nitrogens with zero attached hydrogens (tertiary/aromatic N) is 3. The zero-order valence-electron chi connectivity index (χ0n) is 15.6. The summed E-state index contributed by atoms with van der Waals surface area (Å²) in [6, 6.07) is 7.34. The van der Waals surface area contributed by atoms with E-state index in [0.717, 1.165) is 45.8 Å². The van der Waals surface area contributed by atoms with Gasteiger partial charge in [0.2, 0.25) is 0 Å². The Labute approximate surface area is 177 Å². The molecule has 0 bridgehead atoms. The van der Waals surface area contributed by atoms with Gasteiger partial charge in [0.1, 0.15) is 11.3 Å². The third kappa shape index (κ3) is 4.24. The van der Waals surface area contributed by atoms with Gasteiger partial charge in [-0.1, -0.05) is 18.5 Å². The van der Waals surface area contributed by atoms with Gasteiger partial charge < -0.3 is 10.4 Å². The Balaban J connectivity index is 1.63. The first-order chi connectivity index (χ1) is 13.5. The Morgan fingerprint density at radius 1 is 1.21 bits per heavy atom. The number of phenols is 1. The van der Waals surface area contributed by atoms with Gasteiger partial charge in [-0.05, 0) is 72.0 Å². The topological polar surface area (TPSA) is 61.3 Å². The smallest absolute Gasteiger partial charge is 0.143 e. The van der Waals surface area contributed by atoms with Crippen molar-refractivity contribution in [1.29, 1.82) is 0 Å². The van der Waals surface area contributed by atoms with E-state index in [2.05, 4.69) is 43.0 Å². The monoisotopic (exact) mass is 460 g/mol. The maximum absolute atomic E-state index is 10.9. The molecule has 28 heavy (non-hydrogen) atoms. The Kier molecular flexibility index (Phi) is 5.71. The summed E-state index contributed by atoms with van der Waals surface area (Å²) < 4.78 is 0.869. The highest BCUT2D eigenvalue weighted by Gasteiger charge is 2.19. The molecular formula is C21H22BrClN4O. The minimum Gasteiger partial charge on any atom is -0.505 e. The molecule has 0 radical (unpaired) electrons. The maximum atomic E-state index is 10.9. The zero-order valence-corrected chi connectivity index (χ0v) is 18.0. The molecule has 5 nitrogen and oxygen atoms in total. The fourth-order valence-corrected chi connectivity index (χ4v) is 4.14. The molecule has 0 unspecified atom stereocenters. The van der Waals surface area contributed by atoms with Crippen LogP contribution in [0, 0.1) is 5.92 Å². The van der Waals surface area contributed by atoms with E-state index in [1.54, 1.807) is 18.5 Å². The summed E-state index contributed by atoms with van der Waals surface area (Å²) in [5, 5.41) is 14.8. The molecule has 0 amide bonds. The summed E-state index contributed by atoms with van der Waals surface area (Å²) in [5.74, 6) is 0.999. The average Bonchev–Trinajstić information content (AvgIpc) is 2.67. The molecule has 2 aromatic heterocycles. The fraction of sp³-hybridized carbons (Fsp3) is 0.333. The number of hydrogen-bond acceptors (Lipinski definition) is 5. The highest BCUT2D eigenvalue weighted by Crippen LogP contribution is 2.36. The molecule has 1 aliphatic rings. The number of phenolic OH excluding ortho intramolecular Hbond substituents is 1. The number of nitrogens with one attached hydrogen (secondary N) is 1. The standard InChI is InChI=1S/C21H22BrClN4O/c1-13-3-6-27(7-4-13)12-14-8-16(23)10-19(21(14)28)26-17-2-5-24-18-9-15(22)11-25-20(17)18/h2,5,8-11,13,28H,3-4,6-7,12H2,1H3,(H,24,26). The molecule has 7 heteroatoms. The van der Waals surface area contributed by atoms with Crippen molar-refractivity contribution in [2.45, 2.75) is 26.3 Å². The normalized spacial score (nSPS) is 15.8. The fourth-order valence-electron chi connectivity index (χ4n) is 3.58. The molecule has 146 valence electrons. The van der Waals surface area contributed by atoms with Crippen LogP contribution in [0.15, 0.2) is 41.1 Å². The van der Waals surface area contributed by atoms with Gasteiger partial charge in [0.25, 0.3) is 0 Å². The molecule has 1 aliphatic heterocycles. The quantitative estimate of drug-likeness (QED) is 0.486. The van der Waals surface area contributed by atoms with Crippen molar-refractivity contribution in [2.75, 3.05) is 18.4 Å². The van der Waals surface area contributed by atoms with Gasteiger partial charge in [0.05, 0.1) is 16.9 Å². The lowest BCUT2D eigenvalue weighted by atomic mass is 9.98. The van der Waals surface area contributed by atoms with Gasteiger partial charge in [0.15, 0.2) is 0 Å². The summed E-state index contributed by atoms with van der Waals surface area (Å²) in [4.78, 5) is 11.2. The van der Waals surface area contributed by atoms with Crippen LogP contribution in [0.4, 0.5) is 11.4 Å². The Bertz CT molecular complexity index is 1010. The van der Waals surface area contributed by atoms with Crippen molar-refractivity contribution in [3.63, 3.8) is 0 Å². The van der Waals surface area contributed by atoms with Crippen molar-refractivity contribution in [2.24, 2.45) is 5.92 Å². The Morgan fingerprint density at radius 3 is 2.79 bits per heavy atom. The first-order valence-electron chi connectivity index (χ1n) is 9.40. The van der Waals surface area contributed by atoms with E-state index in [1.165, 1.54) is 12.8 Å². The number of pyridine rings is 2. The van der Waals surface area contributed by atoms with Gasteiger partial charge in [-0.3, -0.25) is 14.9 Å². The van der Waals surface area contributed by atoms with Crippen LogP contribution in [-0.4, -0.2) is 33.1 Å². The van der Waals surface area contributed by atoms with E-state index in [0.29, 0.717) is 17.3 Å². The van der Waals surface area contributed by atoms with Crippen LogP contribution >= 0.6 is 27.5 Å². The summed E-state index contributed by atoms with van der Waals surface area (Å²) in [7, 11) is 0. The van der Waals surface area contributed by atoms with Crippen LogP contribution in [0.2, 0.25) is 5.02 Å². The predicted octanol–water partition coefficient (Wildman–Crippen LogP) is 5.73. The highest BCUT2D eigenvalue weighted by atomic mass is 79.9. The third-order valence-corrected chi connectivity index (χ3v) is 5.89. The van der Waals surface area contributed by atoms with Crippen LogP contribution < -0.4 is 5.32 Å². The number of aromatic nitrogens is 2. The van der Waals surface area contributed by atoms with Crippen molar-refractivity contribution >= 4 is 49.9 Å². The van der Waals surface area contributed by atoms with Crippen molar-refractivity contribution in [3.8, 4) is 5.75 Å². The van der Waals surface area contributed by atoms with E-state index in [9.17, 15) is 5.11 Å². The van der Waals surface area contributed by atoms with Crippen LogP contribution in [0.3, 0.4) is 0 Å². The van der Waals surface area contributed by atoms with Gasteiger partial charge in [-0.15, -0.1) is 0 Å². The van der Waals surface area contributed by atoms with Gasteiger partial charge in [-0.25, -0.2) is 0 Å². The van der Waals surface area contributed by atoms with E-state index in [1.807, 2.05) is 18.2 Å². The second kappa shape index (κ2) is 8.23. The zero-order chi connectivity index (χ0) is 19.7. The number of likely N-dealkylation sites (tertiary alicyclic amines) is 1. The lowest BCUT2D eigenvalue weighted by molar-refractivity contribution is 0.184. The minimum atomic E-state index is 0.227. The molecule has 3 aromatic rings. The van der Waals surface area contributed by atoms with Crippen molar-refractivity contribution in [1.82, 2.24) is 14.9 Å². The summed E-state index contributed by atoms with van der Waals surface area (Å²) in [5.41, 5.74) is 3.68. The number of benzene rings is 1. The van der Waals surface area contributed by atoms with Gasteiger partial charge in [-0.2, -0.15) is 0 Å². The van der Waals surface area contributed by atoms with E-state index in [-0.39, 0.29) is 5.75 Å². The number of fused-ring (bicyclic) bond motifs is 1. The molecule has 0 saturated carbocycles. The average molecular weight is 462 g/mol. The lowest BCUT2D eigenvalue weighted by Gasteiger charge is -2.30. The van der Waals surface area contributed by atoms with Gasteiger partial charge in [0, 0.05) is 34.0 Å². The highest BCUT2D eigenvalue weighted by molar-refractivity contribution is 9.10. The van der Waals surface area contributed by atoms with Crippen LogP contribution in [0.1, 0.15) is 25.3 Å². The molecule has 3 heterocycles. The Hall–Kier alpha value is -1.89. The largest absolute Gasteiger partial charge is 0.505 e. The number of halogens is 2. The summed E-state index contributed by atoms with van der Waals surface area (Å²) in [6.07, 6.45) is 5.83. The molecule has 0 spiro atoms. The minimum absolute atomic E-state index is 0.227. The Morgan fingerprint density at radius 2 is 2.00 bits per heavy atom. The number of piperidine rings is 1. The number of aromatic hydroxyl groups is 1. The molecule has 0 aliphatic carbocycles. The second-order valence-corrected chi connectivity index (χ2v) is 8.78. The van der Waals surface area contributed by atoms with Crippen LogP contribution in [0.25, 0.3) is 11.0 Å². The second-order valence-electron chi connectivity index (χ2n) is 7.42. The van der Waals surface area contributed by atoms with E-state index >= 15 is 0 Å². The SMILES string of the molecule is CC1CCN(Cc2cc(Cl)cc(Nc3ccnc4cc(Br)cnc34)c2O)CC1. The van der Waals surface area contributed by atoms with Gasteiger partial charge >= 0.3 is 0 Å². The molecule has 0 atom stereocenters. The number of rotatable bonds is 4. The molecular weight excluding hydrogens is 440 g/mol. The van der Waals surface area contributed by atoms with E-state index < -0.39 is 0 Å². The van der Waals surface area contributed by atoms with Crippen LogP contribution in [0.5, 0.6) is 5.75 Å². The number of anilines is 2. The molecule has 2 N–H and O–H groups in total. The third-order valence-electron chi connectivity index (χ3n) is 5.24. The van der Waals surface area contributed by atoms with Crippen LogP contribution in [-0.2, 0) is 6.54 Å². The van der Waals surface area contributed by atoms with Crippen molar-refractivity contribution < 1.29 is 5.11 Å². The van der Waals surface area contributed by atoms with E-state index in [4.69, 9.17) is 11.6 Å². The molecule has 1 fully saturated rings. The number of hydrogen-bond donors (Lipinski definition) is 2. The molecule has 1 aromatic carbocycles.